The summed E-state index contributed by atoms with van der Waals surface area (Å²) in [5, 5.41) is 3.25. The first-order valence-electron chi connectivity index (χ1n) is 7.35. The van der Waals surface area contributed by atoms with Gasteiger partial charge < -0.3 is 10.1 Å². The van der Waals surface area contributed by atoms with Gasteiger partial charge in [-0.1, -0.05) is 6.07 Å². The third-order valence-corrected chi connectivity index (χ3v) is 5.05. The SMILES string of the molecule is CCOC(C)(C)CNS(=O)(=O)c1cccc2c1CCCN2. The van der Waals surface area contributed by atoms with Crippen molar-refractivity contribution in [3.8, 4) is 0 Å². The molecule has 0 radical (unpaired) electrons. The molecule has 1 aromatic rings. The van der Waals surface area contributed by atoms with Crippen LogP contribution in [-0.2, 0) is 21.2 Å². The van der Waals surface area contributed by atoms with Crippen molar-refractivity contribution in [2.24, 2.45) is 0 Å². The van der Waals surface area contributed by atoms with Gasteiger partial charge in [0.05, 0.1) is 10.5 Å². The molecular formula is C15H24N2O3S. The first kappa shape index (κ1) is 16.3. The lowest BCUT2D eigenvalue weighted by Gasteiger charge is -2.26. The Balaban J connectivity index is 2.21. The van der Waals surface area contributed by atoms with Crippen LogP contribution in [0.1, 0.15) is 32.8 Å². The van der Waals surface area contributed by atoms with E-state index >= 15 is 0 Å². The smallest absolute Gasteiger partial charge is 0.241 e. The van der Waals surface area contributed by atoms with Crippen LogP contribution in [0.4, 0.5) is 5.69 Å². The van der Waals surface area contributed by atoms with Crippen LogP contribution in [0.2, 0.25) is 0 Å². The Bertz CT molecular complexity index is 597. The van der Waals surface area contributed by atoms with E-state index in [9.17, 15) is 8.42 Å². The normalized spacial score (nSPS) is 15.4. The summed E-state index contributed by atoms with van der Waals surface area (Å²) in [6, 6.07) is 5.37. The zero-order valence-electron chi connectivity index (χ0n) is 12.9. The van der Waals surface area contributed by atoms with E-state index in [1.165, 1.54) is 0 Å². The highest BCUT2D eigenvalue weighted by molar-refractivity contribution is 7.89. The summed E-state index contributed by atoms with van der Waals surface area (Å²) in [4.78, 5) is 0.375. The Morgan fingerprint density at radius 3 is 2.86 bits per heavy atom. The molecule has 0 bridgehead atoms. The Hall–Kier alpha value is -1.11. The standard InChI is InChI=1S/C15H24N2O3S/c1-4-20-15(2,3)11-17-21(18,19)14-9-5-8-13-12(14)7-6-10-16-13/h5,8-9,16-17H,4,6-7,10-11H2,1-3H3. The van der Waals surface area contributed by atoms with Gasteiger partial charge in [0.25, 0.3) is 0 Å². The number of sulfonamides is 1. The Morgan fingerprint density at radius 1 is 1.38 bits per heavy atom. The molecule has 0 fully saturated rings. The van der Waals surface area contributed by atoms with Crippen molar-refractivity contribution in [2.45, 2.75) is 44.1 Å². The number of nitrogens with one attached hydrogen (secondary N) is 2. The van der Waals surface area contributed by atoms with Crippen molar-refractivity contribution < 1.29 is 13.2 Å². The summed E-state index contributed by atoms with van der Waals surface area (Å²) in [7, 11) is -3.52. The van der Waals surface area contributed by atoms with Crippen LogP contribution in [0.3, 0.4) is 0 Å². The second kappa shape index (κ2) is 6.34. The lowest BCUT2D eigenvalue weighted by atomic mass is 10.0. The van der Waals surface area contributed by atoms with E-state index in [-0.39, 0.29) is 6.54 Å². The fraction of sp³-hybridized carbons (Fsp3) is 0.600. The number of benzene rings is 1. The maximum Gasteiger partial charge on any atom is 0.241 e. The van der Waals surface area contributed by atoms with Crippen LogP contribution in [-0.4, -0.2) is 33.7 Å². The highest BCUT2D eigenvalue weighted by Gasteiger charge is 2.25. The van der Waals surface area contributed by atoms with Crippen molar-refractivity contribution in [1.29, 1.82) is 0 Å². The van der Waals surface area contributed by atoms with Crippen LogP contribution >= 0.6 is 0 Å². The Kier molecular flexibility index (Phi) is 4.91. The molecule has 2 rings (SSSR count). The van der Waals surface area contributed by atoms with Crippen LogP contribution in [0.25, 0.3) is 0 Å². The topological polar surface area (TPSA) is 67.4 Å². The van der Waals surface area contributed by atoms with Crippen LogP contribution in [0.15, 0.2) is 23.1 Å². The van der Waals surface area contributed by atoms with E-state index in [1.54, 1.807) is 12.1 Å². The molecule has 1 heterocycles. The van der Waals surface area contributed by atoms with Gasteiger partial charge in [-0.25, -0.2) is 13.1 Å². The number of hydrogen-bond acceptors (Lipinski definition) is 4. The highest BCUT2D eigenvalue weighted by atomic mass is 32.2. The molecule has 118 valence electrons. The number of fused-ring (bicyclic) bond motifs is 1. The molecule has 1 aliphatic rings. The van der Waals surface area contributed by atoms with E-state index in [0.29, 0.717) is 11.5 Å². The molecule has 0 aromatic heterocycles. The summed E-state index contributed by atoms with van der Waals surface area (Å²) in [6.45, 7) is 7.35. The minimum Gasteiger partial charge on any atom is -0.385 e. The second-order valence-electron chi connectivity index (χ2n) is 5.83. The fourth-order valence-electron chi connectivity index (χ4n) is 2.52. The monoisotopic (exact) mass is 312 g/mol. The van der Waals surface area contributed by atoms with Crippen LogP contribution in [0.5, 0.6) is 0 Å². The van der Waals surface area contributed by atoms with Gasteiger partial charge in [0, 0.05) is 25.4 Å². The molecule has 5 nitrogen and oxygen atoms in total. The van der Waals surface area contributed by atoms with E-state index in [1.807, 2.05) is 26.8 Å². The Morgan fingerprint density at radius 2 is 2.14 bits per heavy atom. The zero-order valence-corrected chi connectivity index (χ0v) is 13.7. The van der Waals surface area contributed by atoms with E-state index in [0.717, 1.165) is 30.6 Å². The summed E-state index contributed by atoms with van der Waals surface area (Å²) >= 11 is 0. The molecule has 0 atom stereocenters. The zero-order chi connectivity index (χ0) is 15.5. The quantitative estimate of drug-likeness (QED) is 0.844. The van der Waals surface area contributed by atoms with Crippen LogP contribution in [0, 0.1) is 0 Å². The lowest BCUT2D eigenvalue weighted by Crippen LogP contribution is -2.40. The van der Waals surface area contributed by atoms with Gasteiger partial charge in [-0.05, 0) is 51.3 Å². The minimum atomic E-state index is -3.52. The van der Waals surface area contributed by atoms with Crippen molar-refractivity contribution in [2.75, 3.05) is 25.0 Å². The molecule has 6 heteroatoms. The van der Waals surface area contributed by atoms with Gasteiger partial charge in [0.15, 0.2) is 0 Å². The van der Waals surface area contributed by atoms with E-state index < -0.39 is 15.6 Å². The predicted octanol–water partition coefficient (Wildman–Crippen LogP) is 2.14. The third-order valence-electron chi connectivity index (χ3n) is 3.56. The molecule has 0 amide bonds. The fourth-order valence-corrected chi connectivity index (χ4v) is 4.00. The molecule has 0 saturated carbocycles. The summed E-state index contributed by atoms with van der Waals surface area (Å²) < 4.78 is 33.3. The van der Waals surface area contributed by atoms with Gasteiger partial charge in [0.2, 0.25) is 10.0 Å². The maximum absolute atomic E-state index is 12.6. The van der Waals surface area contributed by atoms with Gasteiger partial charge in [0.1, 0.15) is 0 Å². The van der Waals surface area contributed by atoms with Crippen molar-refractivity contribution in [1.82, 2.24) is 4.72 Å². The summed E-state index contributed by atoms with van der Waals surface area (Å²) in [6.07, 6.45) is 1.73. The molecule has 0 saturated heterocycles. The van der Waals surface area contributed by atoms with Crippen molar-refractivity contribution in [3.63, 3.8) is 0 Å². The molecule has 2 N–H and O–H groups in total. The number of rotatable bonds is 6. The van der Waals surface area contributed by atoms with E-state index in [2.05, 4.69) is 10.0 Å². The molecule has 0 aliphatic carbocycles. The predicted molar refractivity (Wildman–Crippen MR) is 84.1 cm³/mol. The molecule has 0 spiro atoms. The minimum absolute atomic E-state index is 0.250. The molecule has 1 aromatic carbocycles. The van der Waals surface area contributed by atoms with Crippen molar-refractivity contribution in [3.05, 3.63) is 23.8 Å². The van der Waals surface area contributed by atoms with Gasteiger partial charge >= 0.3 is 0 Å². The molecular weight excluding hydrogens is 288 g/mol. The van der Waals surface area contributed by atoms with Crippen LogP contribution < -0.4 is 10.0 Å². The molecule has 1 aliphatic heterocycles. The number of ether oxygens (including phenoxy) is 1. The number of hydrogen-bond donors (Lipinski definition) is 2. The largest absolute Gasteiger partial charge is 0.385 e. The van der Waals surface area contributed by atoms with Gasteiger partial charge in [-0.15, -0.1) is 0 Å². The molecule has 21 heavy (non-hydrogen) atoms. The maximum atomic E-state index is 12.6. The summed E-state index contributed by atoms with van der Waals surface area (Å²) in [5.74, 6) is 0. The third kappa shape index (κ3) is 3.96. The highest BCUT2D eigenvalue weighted by Crippen LogP contribution is 2.28. The first-order chi connectivity index (χ1) is 9.86. The average molecular weight is 312 g/mol. The second-order valence-corrected chi connectivity index (χ2v) is 7.57. The lowest BCUT2D eigenvalue weighted by molar-refractivity contribution is -0.00515. The summed E-state index contributed by atoms with van der Waals surface area (Å²) in [5.41, 5.74) is 1.29. The first-order valence-corrected chi connectivity index (χ1v) is 8.83. The van der Waals surface area contributed by atoms with Gasteiger partial charge in [-0.2, -0.15) is 0 Å². The van der Waals surface area contributed by atoms with E-state index in [4.69, 9.17) is 4.74 Å². The Labute approximate surface area is 127 Å². The van der Waals surface area contributed by atoms with Gasteiger partial charge in [-0.3, -0.25) is 0 Å². The number of anilines is 1. The average Bonchev–Trinajstić information content (AvgIpc) is 2.45. The van der Waals surface area contributed by atoms with Crippen molar-refractivity contribution >= 4 is 15.7 Å². The molecule has 0 unspecified atom stereocenters.